The van der Waals surface area contributed by atoms with Crippen molar-refractivity contribution in [1.82, 2.24) is 20.4 Å². The Bertz CT molecular complexity index is 732. The van der Waals surface area contributed by atoms with Gasteiger partial charge in [-0.15, -0.1) is 0 Å². The van der Waals surface area contributed by atoms with Gasteiger partial charge < -0.3 is 15.7 Å². The van der Waals surface area contributed by atoms with Crippen LogP contribution >= 0.6 is 0 Å². The van der Waals surface area contributed by atoms with Gasteiger partial charge in [0.2, 0.25) is 0 Å². The highest BCUT2D eigenvalue weighted by atomic mass is 19.1. The quantitative estimate of drug-likeness (QED) is 0.773. The van der Waals surface area contributed by atoms with E-state index in [1.165, 1.54) is 16.8 Å². The van der Waals surface area contributed by atoms with Gasteiger partial charge in [-0.25, -0.2) is 13.5 Å². The Hall–Kier alpha value is -1.83. The normalized spacial score (nSPS) is 20.7. The molecular formula is C17H22F2N4O. The Kier molecular flexibility index (Phi) is 4.93. The predicted octanol–water partition coefficient (Wildman–Crippen LogP) is 1.44. The zero-order valence-electron chi connectivity index (χ0n) is 13.8. The molecule has 0 bridgehead atoms. The minimum atomic E-state index is -0.639. The molecule has 3 N–H and O–H groups in total. The molecule has 1 aromatic carbocycles. The molecule has 0 radical (unpaired) electrons. The number of halogens is 2. The van der Waals surface area contributed by atoms with Crippen LogP contribution in [0.1, 0.15) is 17.0 Å². The van der Waals surface area contributed by atoms with Crippen molar-refractivity contribution in [2.75, 3.05) is 19.6 Å². The van der Waals surface area contributed by atoms with E-state index < -0.39 is 11.6 Å². The summed E-state index contributed by atoms with van der Waals surface area (Å²) in [5.41, 5.74) is 2.84. The molecule has 2 atom stereocenters. The third-order valence-electron chi connectivity index (χ3n) is 4.59. The molecule has 130 valence electrons. The van der Waals surface area contributed by atoms with Gasteiger partial charge in [-0.3, -0.25) is 0 Å². The Morgan fingerprint density at radius 2 is 2.12 bits per heavy atom. The van der Waals surface area contributed by atoms with Gasteiger partial charge in [0, 0.05) is 49.4 Å². The number of aromatic nitrogens is 2. The lowest BCUT2D eigenvalue weighted by molar-refractivity contribution is 0.146. The average Bonchev–Trinajstić information content (AvgIpc) is 3.05. The van der Waals surface area contributed by atoms with Crippen molar-refractivity contribution >= 4 is 0 Å². The van der Waals surface area contributed by atoms with Crippen LogP contribution in [0.4, 0.5) is 8.78 Å². The van der Waals surface area contributed by atoms with Crippen molar-refractivity contribution in [3.63, 3.8) is 0 Å². The molecule has 2 aromatic rings. The Morgan fingerprint density at radius 1 is 1.33 bits per heavy atom. The molecule has 1 aromatic heterocycles. The molecule has 5 nitrogen and oxygen atoms in total. The van der Waals surface area contributed by atoms with E-state index in [0.717, 1.165) is 29.6 Å². The van der Waals surface area contributed by atoms with E-state index >= 15 is 0 Å². The number of hydrogen-bond acceptors (Lipinski definition) is 4. The first-order valence-corrected chi connectivity index (χ1v) is 8.07. The number of nitrogens with one attached hydrogen (secondary N) is 2. The van der Waals surface area contributed by atoms with Crippen LogP contribution in [0.3, 0.4) is 0 Å². The SMILES string of the molecule is Cc1nn(-c2ccc(F)cc2F)c(C)c1CNCC1CNCC1O. The van der Waals surface area contributed by atoms with Gasteiger partial charge >= 0.3 is 0 Å². The van der Waals surface area contributed by atoms with Gasteiger partial charge in [-0.1, -0.05) is 0 Å². The van der Waals surface area contributed by atoms with Gasteiger partial charge in [0.25, 0.3) is 0 Å². The standard InChI is InChI=1S/C17H22F2N4O/c1-10-14(8-20-6-12-7-21-9-17(12)24)11(2)23(22-10)16-4-3-13(18)5-15(16)19/h3-5,12,17,20-21,24H,6-9H2,1-2H3. The average molecular weight is 336 g/mol. The second kappa shape index (κ2) is 6.96. The number of aryl methyl sites for hydroxylation is 1. The van der Waals surface area contributed by atoms with E-state index in [0.29, 0.717) is 19.6 Å². The summed E-state index contributed by atoms with van der Waals surface area (Å²) in [6.07, 6.45) is -0.323. The molecule has 1 aliphatic rings. The molecule has 0 amide bonds. The number of aliphatic hydroxyl groups excluding tert-OH is 1. The van der Waals surface area contributed by atoms with Gasteiger partial charge in [-0.05, 0) is 26.0 Å². The third kappa shape index (κ3) is 3.33. The molecule has 2 heterocycles. The van der Waals surface area contributed by atoms with E-state index in [2.05, 4.69) is 15.7 Å². The van der Waals surface area contributed by atoms with E-state index in [9.17, 15) is 13.9 Å². The van der Waals surface area contributed by atoms with E-state index in [1.54, 1.807) is 0 Å². The maximum absolute atomic E-state index is 14.0. The molecule has 24 heavy (non-hydrogen) atoms. The third-order valence-corrected chi connectivity index (χ3v) is 4.59. The van der Waals surface area contributed by atoms with Gasteiger partial charge in [0.1, 0.15) is 11.5 Å². The fourth-order valence-electron chi connectivity index (χ4n) is 3.13. The summed E-state index contributed by atoms with van der Waals surface area (Å²) < 4.78 is 28.6. The second-order valence-corrected chi connectivity index (χ2v) is 6.27. The van der Waals surface area contributed by atoms with Crippen LogP contribution in [0.15, 0.2) is 18.2 Å². The highest BCUT2D eigenvalue weighted by Crippen LogP contribution is 2.21. The van der Waals surface area contributed by atoms with Crippen molar-refractivity contribution in [3.8, 4) is 5.69 Å². The molecule has 0 spiro atoms. The summed E-state index contributed by atoms with van der Waals surface area (Å²) in [7, 11) is 0. The molecule has 1 fully saturated rings. The minimum Gasteiger partial charge on any atom is -0.391 e. The Labute approximate surface area is 139 Å². The summed E-state index contributed by atoms with van der Waals surface area (Å²) in [4.78, 5) is 0. The zero-order valence-corrected chi connectivity index (χ0v) is 13.8. The first kappa shape index (κ1) is 17.0. The minimum absolute atomic E-state index is 0.190. The first-order valence-electron chi connectivity index (χ1n) is 8.07. The maximum atomic E-state index is 14.0. The number of β-amino-alcohol motifs (C(OH)–C–C–N with tert-alkyl or cyclic N) is 1. The summed E-state index contributed by atoms with van der Waals surface area (Å²) >= 11 is 0. The van der Waals surface area contributed by atoms with E-state index in [-0.39, 0.29) is 17.7 Å². The van der Waals surface area contributed by atoms with Gasteiger partial charge in [0.05, 0.1) is 11.8 Å². The van der Waals surface area contributed by atoms with Crippen molar-refractivity contribution in [1.29, 1.82) is 0 Å². The van der Waals surface area contributed by atoms with Crippen molar-refractivity contribution in [2.45, 2.75) is 26.5 Å². The number of rotatable bonds is 5. The Balaban J connectivity index is 1.74. The van der Waals surface area contributed by atoms with Gasteiger partial charge in [0.15, 0.2) is 5.82 Å². The van der Waals surface area contributed by atoms with Crippen LogP contribution in [-0.4, -0.2) is 40.6 Å². The van der Waals surface area contributed by atoms with Crippen LogP contribution in [0.5, 0.6) is 0 Å². The summed E-state index contributed by atoms with van der Waals surface area (Å²) in [6.45, 7) is 6.45. The number of nitrogens with zero attached hydrogens (tertiary/aromatic N) is 2. The molecule has 1 aliphatic heterocycles. The van der Waals surface area contributed by atoms with E-state index in [1.807, 2.05) is 13.8 Å². The zero-order chi connectivity index (χ0) is 17.3. The number of aliphatic hydroxyl groups is 1. The topological polar surface area (TPSA) is 62.1 Å². The molecule has 1 saturated heterocycles. The maximum Gasteiger partial charge on any atom is 0.151 e. The molecule has 2 unspecified atom stereocenters. The van der Waals surface area contributed by atoms with E-state index in [4.69, 9.17) is 0 Å². The van der Waals surface area contributed by atoms with Crippen molar-refractivity contribution in [2.24, 2.45) is 5.92 Å². The Morgan fingerprint density at radius 3 is 2.79 bits per heavy atom. The molecule has 3 rings (SSSR count). The fraction of sp³-hybridized carbons (Fsp3) is 0.471. The highest BCUT2D eigenvalue weighted by Gasteiger charge is 2.24. The first-order chi connectivity index (χ1) is 11.5. The van der Waals surface area contributed by atoms with Crippen LogP contribution in [0.2, 0.25) is 0 Å². The van der Waals surface area contributed by atoms with Crippen molar-refractivity contribution in [3.05, 3.63) is 46.8 Å². The summed E-state index contributed by atoms with van der Waals surface area (Å²) in [5.74, 6) is -1.06. The number of hydrogen-bond donors (Lipinski definition) is 3. The summed E-state index contributed by atoms with van der Waals surface area (Å²) in [5, 5.41) is 20.7. The largest absolute Gasteiger partial charge is 0.391 e. The smallest absolute Gasteiger partial charge is 0.151 e. The second-order valence-electron chi connectivity index (χ2n) is 6.27. The monoisotopic (exact) mass is 336 g/mol. The number of benzene rings is 1. The lowest BCUT2D eigenvalue weighted by atomic mass is 10.1. The molecular weight excluding hydrogens is 314 g/mol. The van der Waals surface area contributed by atoms with Crippen LogP contribution in [0, 0.1) is 31.4 Å². The van der Waals surface area contributed by atoms with Crippen molar-refractivity contribution < 1.29 is 13.9 Å². The predicted molar refractivity (Wildman–Crippen MR) is 87.0 cm³/mol. The molecule has 0 saturated carbocycles. The van der Waals surface area contributed by atoms with Crippen LogP contribution in [-0.2, 0) is 6.54 Å². The van der Waals surface area contributed by atoms with Gasteiger partial charge in [-0.2, -0.15) is 5.10 Å². The lowest BCUT2D eigenvalue weighted by Crippen LogP contribution is -2.30. The molecule has 7 heteroatoms. The lowest BCUT2D eigenvalue weighted by Gasteiger charge is -2.14. The summed E-state index contributed by atoms with van der Waals surface area (Å²) in [6, 6.07) is 3.47. The molecule has 0 aliphatic carbocycles. The van der Waals surface area contributed by atoms with Crippen LogP contribution < -0.4 is 10.6 Å². The van der Waals surface area contributed by atoms with Crippen LogP contribution in [0.25, 0.3) is 5.69 Å². The fourth-order valence-corrected chi connectivity index (χ4v) is 3.13. The highest BCUT2D eigenvalue weighted by molar-refractivity contribution is 5.38.